The van der Waals surface area contributed by atoms with Gasteiger partial charge in [-0.3, -0.25) is 4.98 Å². The Balaban J connectivity index is 2.48. The predicted octanol–water partition coefficient (Wildman–Crippen LogP) is 2.81. The molecule has 0 saturated carbocycles. The SMILES string of the molecule is Cc1oc(-c2cccnc2)nc1Br. The number of hydrogen-bond donors (Lipinski definition) is 0. The van der Waals surface area contributed by atoms with Crippen LogP contribution in [0.3, 0.4) is 0 Å². The lowest BCUT2D eigenvalue weighted by Crippen LogP contribution is -1.77. The molecule has 0 N–H and O–H groups in total. The molecule has 0 amide bonds. The molecule has 0 aliphatic rings. The van der Waals surface area contributed by atoms with Crippen LogP contribution >= 0.6 is 15.9 Å². The first kappa shape index (κ1) is 8.44. The highest BCUT2D eigenvalue weighted by atomic mass is 79.9. The predicted molar refractivity (Wildman–Crippen MR) is 52.2 cm³/mol. The van der Waals surface area contributed by atoms with E-state index in [0.717, 1.165) is 15.9 Å². The third kappa shape index (κ3) is 1.62. The van der Waals surface area contributed by atoms with Crippen molar-refractivity contribution in [2.24, 2.45) is 0 Å². The summed E-state index contributed by atoms with van der Waals surface area (Å²) in [5, 5.41) is 0. The molecule has 3 nitrogen and oxygen atoms in total. The molecule has 0 spiro atoms. The van der Waals surface area contributed by atoms with Gasteiger partial charge in [0.25, 0.3) is 0 Å². The Bertz CT molecular complexity index is 391. The smallest absolute Gasteiger partial charge is 0.228 e. The van der Waals surface area contributed by atoms with Gasteiger partial charge in [0.2, 0.25) is 5.89 Å². The summed E-state index contributed by atoms with van der Waals surface area (Å²) in [7, 11) is 0. The number of hydrogen-bond acceptors (Lipinski definition) is 3. The first-order valence-corrected chi connectivity index (χ1v) is 4.60. The lowest BCUT2D eigenvalue weighted by Gasteiger charge is -1.91. The van der Waals surface area contributed by atoms with E-state index in [9.17, 15) is 0 Å². The maximum absolute atomic E-state index is 5.40. The highest BCUT2D eigenvalue weighted by Crippen LogP contribution is 2.23. The Morgan fingerprint density at radius 3 is 2.85 bits per heavy atom. The van der Waals surface area contributed by atoms with Gasteiger partial charge in [-0.1, -0.05) is 0 Å². The minimum atomic E-state index is 0.595. The van der Waals surface area contributed by atoms with Crippen molar-refractivity contribution in [3.05, 3.63) is 34.9 Å². The average Bonchev–Trinajstić information content (AvgIpc) is 2.49. The second-order valence-corrected chi connectivity index (χ2v) is 3.36. The lowest BCUT2D eigenvalue weighted by molar-refractivity contribution is 0.541. The van der Waals surface area contributed by atoms with Crippen LogP contribution < -0.4 is 0 Å². The van der Waals surface area contributed by atoms with E-state index in [0.29, 0.717) is 5.89 Å². The van der Waals surface area contributed by atoms with Crippen molar-refractivity contribution in [1.29, 1.82) is 0 Å². The van der Waals surface area contributed by atoms with Gasteiger partial charge < -0.3 is 4.42 Å². The van der Waals surface area contributed by atoms with E-state index in [1.54, 1.807) is 12.4 Å². The van der Waals surface area contributed by atoms with Gasteiger partial charge >= 0.3 is 0 Å². The molecule has 2 aromatic heterocycles. The molecule has 0 fully saturated rings. The summed E-state index contributed by atoms with van der Waals surface area (Å²) in [6.07, 6.45) is 3.44. The monoisotopic (exact) mass is 238 g/mol. The summed E-state index contributed by atoms with van der Waals surface area (Å²) in [6.45, 7) is 1.86. The van der Waals surface area contributed by atoms with E-state index in [-0.39, 0.29) is 0 Å². The van der Waals surface area contributed by atoms with Crippen LogP contribution in [0.15, 0.2) is 33.5 Å². The van der Waals surface area contributed by atoms with E-state index < -0.39 is 0 Å². The molecule has 66 valence electrons. The van der Waals surface area contributed by atoms with Crippen molar-refractivity contribution in [2.75, 3.05) is 0 Å². The Labute approximate surface area is 84.0 Å². The largest absolute Gasteiger partial charge is 0.440 e. The van der Waals surface area contributed by atoms with Crippen LogP contribution in [0.5, 0.6) is 0 Å². The highest BCUT2D eigenvalue weighted by molar-refractivity contribution is 9.10. The van der Waals surface area contributed by atoms with Crippen LogP contribution in [0.4, 0.5) is 0 Å². The van der Waals surface area contributed by atoms with E-state index >= 15 is 0 Å². The molecule has 13 heavy (non-hydrogen) atoms. The molecule has 2 rings (SSSR count). The average molecular weight is 239 g/mol. The zero-order valence-corrected chi connectivity index (χ0v) is 8.58. The summed E-state index contributed by atoms with van der Waals surface area (Å²) in [5.74, 6) is 1.37. The van der Waals surface area contributed by atoms with Crippen molar-refractivity contribution in [3.63, 3.8) is 0 Å². The second kappa shape index (κ2) is 3.30. The number of rotatable bonds is 1. The molecular weight excluding hydrogens is 232 g/mol. The van der Waals surface area contributed by atoms with Crippen LogP contribution in [0, 0.1) is 6.92 Å². The molecule has 0 unspecified atom stereocenters. The topological polar surface area (TPSA) is 38.9 Å². The maximum atomic E-state index is 5.40. The maximum Gasteiger partial charge on any atom is 0.228 e. The zero-order chi connectivity index (χ0) is 9.26. The third-order valence-corrected chi connectivity index (χ3v) is 2.38. The van der Waals surface area contributed by atoms with E-state index in [4.69, 9.17) is 4.42 Å². The number of aromatic nitrogens is 2. The molecule has 0 aliphatic heterocycles. The number of pyridine rings is 1. The number of aryl methyl sites for hydroxylation is 1. The summed E-state index contributed by atoms with van der Waals surface area (Å²) < 4.78 is 6.14. The Kier molecular flexibility index (Phi) is 2.14. The van der Waals surface area contributed by atoms with Crippen molar-refractivity contribution in [3.8, 4) is 11.5 Å². The number of oxazole rings is 1. The van der Waals surface area contributed by atoms with Crippen LogP contribution in [-0.2, 0) is 0 Å². The highest BCUT2D eigenvalue weighted by Gasteiger charge is 2.08. The van der Waals surface area contributed by atoms with Gasteiger partial charge in [0, 0.05) is 12.4 Å². The van der Waals surface area contributed by atoms with E-state index in [1.165, 1.54) is 0 Å². The number of nitrogens with zero attached hydrogens (tertiary/aromatic N) is 2. The summed E-state index contributed by atoms with van der Waals surface area (Å²) in [4.78, 5) is 8.18. The molecule has 4 heteroatoms. The van der Waals surface area contributed by atoms with Crippen molar-refractivity contribution < 1.29 is 4.42 Å². The lowest BCUT2D eigenvalue weighted by atomic mass is 10.3. The van der Waals surface area contributed by atoms with Gasteiger partial charge in [-0.15, -0.1) is 0 Å². The van der Waals surface area contributed by atoms with Gasteiger partial charge in [-0.25, -0.2) is 4.98 Å². The van der Waals surface area contributed by atoms with Crippen LogP contribution in [0.25, 0.3) is 11.5 Å². The first-order chi connectivity index (χ1) is 6.27. The summed E-state index contributed by atoms with van der Waals surface area (Å²) in [6, 6.07) is 3.76. The fourth-order valence-corrected chi connectivity index (χ4v) is 1.23. The van der Waals surface area contributed by atoms with Crippen molar-refractivity contribution >= 4 is 15.9 Å². The van der Waals surface area contributed by atoms with Crippen LogP contribution in [0.2, 0.25) is 0 Å². The Morgan fingerprint density at radius 1 is 1.46 bits per heavy atom. The molecule has 0 bridgehead atoms. The minimum Gasteiger partial charge on any atom is -0.440 e. The van der Waals surface area contributed by atoms with Crippen molar-refractivity contribution in [2.45, 2.75) is 6.92 Å². The quantitative estimate of drug-likeness (QED) is 0.767. The fourth-order valence-electron chi connectivity index (χ4n) is 0.991. The van der Waals surface area contributed by atoms with Crippen molar-refractivity contribution in [1.82, 2.24) is 9.97 Å². The van der Waals surface area contributed by atoms with Crippen LogP contribution in [-0.4, -0.2) is 9.97 Å². The Hall–Kier alpha value is -1.16. The third-order valence-electron chi connectivity index (χ3n) is 1.65. The van der Waals surface area contributed by atoms with Gasteiger partial charge in [0.1, 0.15) is 10.4 Å². The molecular formula is C9H7BrN2O. The van der Waals surface area contributed by atoms with E-state index in [2.05, 4.69) is 25.9 Å². The molecule has 0 atom stereocenters. The molecule has 0 radical (unpaired) electrons. The molecule has 0 aliphatic carbocycles. The van der Waals surface area contributed by atoms with Gasteiger partial charge in [-0.05, 0) is 35.0 Å². The minimum absolute atomic E-state index is 0.595. The molecule has 2 heterocycles. The molecule has 0 saturated heterocycles. The van der Waals surface area contributed by atoms with Gasteiger partial charge in [-0.2, -0.15) is 0 Å². The fraction of sp³-hybridized carbons (Fsp3) is 0.111. The second-order valence-electron chi connectivity index (χ2n) is 2.61. The first-order valence-electron chi connectivity index (χ1n) is 3.80. The van der Waals surface area contributed by atoms with Crippen LogP contribution in [0.1, 0.15) is 5.76 Å². The Morgan fingerprint density at radius 2 is 2.31 bits per heavy atom. The standard InChI is InChI=1S/C9H7BrN2O/c1-6-8(10)12-9(13-6)7-3-2-4-11-5-7/h2-5H,1H3. The molecule has 2 aromatic rings. The summed E-state index contributed by atoms with van der Waals surface area (Å²) in [5.41, 5.74) is 0.885. The van der Waals surface area contributed by atoms with Gasteiger partial charge in [0.15, 0.2) is 0 Å². The normalized spacial score (nSPS) is 10.3. The summed E-state index contributed by atoms with van der Waals surface area (Å²) >= 11 is 3.29. The number of halogens is 1. The molecule has 0 aromatic carbocycles. The van der Waals surface area contributed by atoms with E-state index in [1.807, 2.05) is 19.1 Å². The van der Waals surface area contributed by atoms with Gasteiger partial charge in [0.05, 0.1) is 5.56 Å². The zero-order valence-electron chi connectivity index (χ0n) is 6.99.